The molecule has 8 heavy (non-hydrogen) atoms. The summed E-state index contributed by atoms with van der Waals surface area (Å²) in [5.74, 6) is -1.76. The highest BCUT2D eigenvalue weighted by Gasteiger charge is 2.09. The number of carbonyl (C=O) groups excluding carboxylic acids is 2. The third kappa shape index (κ3) is 1.70. The Morgan fingerprint density at radius 3 is 2.25 bits per heavy atom. The largest absolute Gasteiger partial charge is 0.463 e. The van der Waals surface area contributed by atoms with Crippen molar-refractivity contribution in [3.63, 3.8) is 0 Å². The number of hydrogen-bond acceptors (Lipinski definition) is 3. The molecule has 1 N–H and O–H groups in total. The number of esters is 1. The highest BCUT2D eigenvalue weighted by atomic mass is 16.5. The Morgan fingerprint density at radius 1 is 1.62 bits per heavy atom. The summed E-state index contributed by atoms with van der Waals surface area (Å²) in [5, 5.41) is 0. The summed E-state index contributed by atoms with van der Waals surface area (Å²) in [5.41, 5.74) is 6.39. The standard InChI is InChI=1S/C4H6NO3/c1-8-4(7)3(6)2-5/h5H,2H2,1H3. The second kappa shape index (κ2) is 3.15. The van der Waals surface area contributed by atoms with E-state index in [0.29, 0.717) is 0 Å². The molecule has 0 aromatic heterocycles. The Balaban J connectivity index is 3.64. The highest BCUT2D eigenvalue weighted by molar-refractivity contribution is 6.34. The van der Waals surface area contributed by atoms with E-state index in [4.69, 9.17) is 5.73 Å². The minimum absolute atomic E-state index is 0.535. The van der Waals surface area contributed by atoms with E-state index < -0.39 is 18.3 Å². The Morgan fingerprint density at radius 2 is 2.12 bits per heavy atom. The molecule has 4 nitrogen and oxygen atoms in total. The quantitative estimate of drug-likeness (QED) is 0.343. The van der Waals surface area contributed by atoms with Crippen LogP contribution >= 0.6 is 0 Å². The molecule has 0 aliphatic heterocycles. The van der Waals surface area contributed by atoms with Crippen molar-refractivity contribution >= 4 is 11.8 Å². The smallest absolute Gasteiger partial charge is 0.375 e. The lowest BCUT2D eigenvalue weighted by Crippen LogP contribution is -2.19. The van der Waals surface area contributed by atoms with Crippen molar-refractivity contribution in [1.29, 1.82) is 0 Å². The number of nitrogens with one attached hydrogen (secondary N) is 1. The zero-order valence-corrected chi connectivity index (χ0v) is 4.43. The lowest BCUT2D eigenvalue weighted by atomic mass is 10.4. The number of methoxy groups -OCH3 is 1. The SMILES string of the molecule is COC(=O)C(=O)C[NH]. The molecule has 0 unspecified atom stereocenters. The molecule has 0 saturated heterocycles. The van der Waals surface area contributed by atoms with E-state index in [2.05, 4.69) is 4.74 Å². The van der Waals surface area contributed by atoms with Gasteiger partial charge in [0.25, 0.3) is 5.78 Å². The summed E-state index contributed by atoms with van der Waals surface area (Å²) in [6.45, 7) is -0.535. The highest BCUT2D eigenvalue weighted by Crippen LogP contribution is 1.73. The lowest BCUT2D eigenvalue weighted by Gasteiger charge is -1.90. The molecule has 0 atom stereocenters. The van der Waals surface area contributed by atoms with Crippen LogP contribution in [0.15, 0.2) is 0 Å². The van der Waals surface area contributed by atoms with Crippen LogP contribution in [0, 0.1) is 0 Å². The van der Waals surface area contributed by atoms with E-state index in [-0.39, 0.29) is 0 Å². The summed E-state index contributed by atoms with van der Waals surface area (Å²) in [4.78, 5) is 20.1. The fourth-order valence-corrected chi connectivity index (χ4v) is 0.186. The average Bonchev–Trinajstić information content (AvgIpc) is 1.84. The lowest BCUT2D eigenvalue weighted by molar-refractivity contribution is -0.151. The summed E-state index contributed by atoms with van der Waals surface area (Å²) in [6.07, 6.45) is 0. The molecular formula is C4H6NO3. The maximum atomic E-state index is 10.1. The maximum Gasteiger partial charge on any atom is 0.375 e. The van der Waals surface area contributed by atoms with Gasteiger partial charge in [-0.15, -0.1) is 0 Å². The van der Waals surface area contributed by atoms with Gasteiger partial charge in [0.15, 0.2) is 0 Å². The first-order chi connectivity index (χ1) is 3.72. The first kappa shape index (κ1) is 7.10. The third-order valence-corrected chi connectivity index (χ3v) is 0.574. The van der Waals surface area contributed by atoms with Gasteiger partial charge in [-0.2, -0.15) is 0 Å². The molecule has 0 heterocycles. The van der Waals surface area contributed by atoms with Crippen LogP contribution in [0.3, 0.4) is 0 Å². The monoisotopic (exact) mass is 116 g/mol. The number of hydrogen-bond donors (Lipinski definition) is 0. The normalized spacial score (nSPS) is 8.25. The van der Waals surface area contributed by atoms with Gasteiger partial charge in [0, 0.05) is 0 Å². The zero-order valence-electron chi connectivity index (χ0n) is 4.43. The number of rotatable bonds is 2. The van der Waals surface area contributed by atoms with Gasteiger partial charge in [-0.25, -0.2) is 10.5 Å². The van der Waals surface area contributed by atoms with Gasteiger partial charge in [-0.05, 0) is 0 Å². The van der Waals surface area contributed by atoms with E-state index in [1.165, 1.54) is 0 Å². The fourth-order valence-electron chi connectivity index (χ4n) is 0.186. The minimum Gasteiger partial charge on any atom is -0.463 e. The van der Waals surface area contributed by atoms with Crippen molar-refractivity contribution in [2.75, 3.05) is 13.7 Å². The van der Waals surface area contributed by atoms with Crippen LogP contribution in [0.4, 0.5) is 0 Å². The summed E-state index contributed by atoms with van der Waals surface area (Å²) in [6, 6.07) is 0. The first-order valence-electron chi connectivity index (χ1n) is 1.98. The van der Waals surface area contributed by atoms with Crippen LogP contribution in [0.1, 0.15) is 0 Å². The fraction of sp³-hybridized carbons (Fsp3) is 0.500. The summed E-state index contributed by atoms with van der Waals surface area (Å²) >= 11 is 0. The van der Waals surface area contributed by atoms with E-state index in [1.807, 2.05) is 0 Å². The Hall–Kier alpha value is -0.900. The Bertz CT molecular complexity index is 95.9. The molecule has 0 bridgehead atoms. The predicted molar refractivity (Wildman–Crippen MR) is 25.0 cm³/mol. The summed E-state index contributed by atoms with van der Waals surface area (Å²) in [7, 11) is 1.11. The molecule has 0 amide bonds. The molecular weight excluding hydrogens is 110 g/mol. The molecule has 0 spiro atoms. The minimum atomic E-state index is -0.944. The van der Waals surface area contributed by atoms with Crippen LogP contribution in [0.2, 0.25) is 0 Å². The van der Waals surface area contributed by atoms with Crippen LogP contribution in [-0.2, 0) is 14.3 Å². The van der Waals surface area contributed by atoms with Gasteiger partial charge in [0.2, 0.25) is 0 Å². The first-order valence-corrected chi connectivity index (χ1v) is 1.98. The second-order valence-corrected chi connectivity index (χ2v) is 1.09. The van der Waals surface area contributed by atoms with Crippen LogP contribution in [-0.4, -0.2) is 25.4 Å². The molecule has 4 heteroatoms. The molecule has 1 radical (unpaired) electrons. The number of carbonyl (C=O) groups is 2. The van der Waals surface area contributed by atoms with Crippen molar-refractivity contribution in [2.45, 2.75) is 0 Å². The summed E-state index contributed by atoms with van der Waals surface area (Å²) < 4.78 is 3.99. The third-order valence-electron chi connectivity index (χ3n) is 0.574. The molecule has 0 rings (SSSR count). The van der Waals surface area contributed by atoms with E-state index in [9.17, 15) is 9.59 Å². The average molecular weight is 116 g/mol. The van der Waals surface area contributed by atoms with Gasteiger partial charge in [-0.3, -0.25) is 4.79 Å². The van der Waals surface area contributed by atoms with Gasteiger partial charge < -0.3 is 4.74 Å². The maximum absolute atomic E-state index is 10.1. The van der Waals surface area contributed by atoms with Crippen molar-refractivity contribution in [3.8, 4) is 0 Å². The van der Waals surface area contributed by atoms with E-state index >= 15 is 0 Å². The van der Waals surface area contributed by atoms with Crippen molar-refractivity contribution in [3.05, 3.63) is 0 Å². The van der Waals surface area contributed by atoms with Crippen LogP contribution in [0.25, 0.3) is 0 Å². The molecule has 0 aliphatic carbocycles. The van der Waals surface area contributed by atoms with Crippen molar-refractivity contribution in [1.82, 2.24) is 5.73 Å². The van der Waals surface area contributed by atoms with Crippen molar-refractivity contribution in [2.24, 2.45) is 0 Å². The number of Topliss-reactive ketones (excluding diaryl/α,β-unsaturated/α-hetero) is 1. The van der Waals surface area contributed by atoms with Gasteiger partial charge in [0.05, 0.1) is 13.7 Å². The molecule has 0 aromatic rings. The predicted octanol–water partition coefficient (Wildman–Crippen LogP) is -0.989. The van der Waals surface area contributed by atoms with Crippen LogP contribution in [0.5, 0.6) is 0 Å². The number of ketones is 1. The Kier molecular flexibility index (Phi) is 2.79. The van der Waals surface area contributed by atoms with Crippen LogP contribution < -0.4 is 5.73 Å². The number of ether oxygens (including phenoxy) is 1. The van der Waals surface area contributed by atoms with Gasteiger partial charge in [-0.1, -0.05) is 0 Å². The van der Waals surface area contributed by atoms with Gasteiger partial charge >= 0.3 is 5.97 Å². The Labute approximate surface area is 46.6 Å². The molecule has 0 saturated carbocycles. The zero-order chi connectivity index (χ0) is 6.57. The second-order valence-electron chi connectivity index (χ2n) is 1.09. The topological polar surface area (TPSA) is 67.2 Å². The van der Waals surface area contributed by atoms with Crippen molar-refractivity contribution < 1.29 is 14.3 Å². The molecule has 0 aromatic carbocycles. The molecule has 0 fully saturated rings. The van der Waals surface area contributed by atoms with E-state index in [1.54, 1.807) is 0 Å². The van der Waals surface area contributed by atoms with Gasteiger partial charge in [0.1, 0.15) is 0 Å². The molecule has 45 valence electrons. The van der Waals surface area contributed by atoms with E-state index in [0.717, 1.165) is 7.11 Å². The molecule has 0 aliphatic rings.